The van der Waals surface area contributed by atoms with Crippen LogP contribution in [0.2, 0.25) is 10.2 Å². The van der Waals surface area contributed by atoms with Crippen molar-refractivity contribution in [1.82, 2.24) is 4.98 Å². The number of benzene rings is 1. The van der Waals surface area contributed by atoms with Gasteiger partial charge in [-0.25, -0.2) is 0 Å². The van der Waals surface area contributed by atoms with Gasteiger partial charge in [-0.3, -0.25) is 9.59 Å². The molecule has 2 N–H and O–H groups in total. The number of amides is 2. The Morgan fingerprint density at radius 2 is 2.09 bits per heavy atom. The Hall–Kier alpha value is -1.98. The van der Waals surface area contributed by atoms with E-state index in [0.717, 1.165) is 12.1 Å². The van der Waals surface area contributed by atoms with Crippen LogP contribution in [0.5, 0.6) is 0 Å². The first-order valence-electron chi connectivity index (χ1n) is 6.80. The molecule has 1 fully saturated rings. The predicted molar refractivity (Wildman–Crippen MR) is 86.8 cm³/mol. The fourth-order valence-corrected chi connectivity index (χ4v) is 2.71. The molecule has 0 unspecified atom stereocenters. The molecule has 1 aromatic heterocycles. The third-order valence-electron chi connectivity index (χ3n) is 3.46. The van der Waals surface area contributed by atoms with Crippen molar-refractivity contribution in [3.8, 4) is 0 Å². The molecule has 0 radical (unpaired) electrons. The Balaban J connectivity index is 1.78. The van der Waals surface area contributed by atoms with Gasteiger partial charge in [0, 0.05) is 24.3 Å². The maximum atomic E-state index is 12.1. The first-order valence-corrected chi connectivity index (χ1v) is 7.56. The van der Waals surface area contributed by atoms with Crippen molar-refractivity contribution in [2.75, 3.05) is 16.8 Å². The topological polar surface area (TPSA) is 65.2 Å². The number of H-pyrrole nitrogens is 1. The molecule has 2 amide bonds. The van der Waals surface area contributed by atoms with E-state index >= 15 is 0 Å². The molecule has 0 saturated carbocycles. The molecule has 0 atom stereocenters. The van der Waals surface area contributed by atoms with E-state index in [4.69, 9.17) is 23.2 Å². The summed E-state index contributed by atoms with van der Waals surface area (Å²) in [5.74, 6) is -0.245. The molecule has 3 rings (SSSR count). The van der Waals surface area contributed by atoms with E-state index in [1.807, 2.05) is 6.07 Å². The minimum Gasteiger partial charge on any atom is -0.340 e. The van der Waals surface area contributed by atoms with E-state index in [9.17, 15) is 9.59 Å². The third-order valence-corrected chi connectivity index (χ3v) is 4.15. The van der Waals surface area contributed by atoms with Crippen LogP contribution in [0.1, 0.15) is 23.3 Å². The number of carbonyl (C=O) groups excluding carboxylic acids is 2. The summed E-state index contributed by atoms with van der Waals surface area (Å²) in [7, 11) is 0. The van der Waals surface area contributed by atoms with Gasteiger partial charge >= 0.3 is 0 Å². The van der Waals surface area contributed by atoms with Crippen molar-refractivity contribution in [2.24, 2.45) is 0 Å². The quantitative estimate of drug-likeness (QED) is 0.896. The molecule has 1 aromatic carbocycles. The summed E-state index contributed by atoms with van der Waals surface area (Å²) in [6.07, 6.45) is 1.42. The molecule has 7 heteroatoms. The second-order valence-corrected chi connectivity index (χ2v) is 5.78. The van der Waals surface area contributed by atoms with Crippen molar-refractivity contribution >= 4 is 46.4 Å². The highest BCUT2D eigenvalue weighted by molar-refractivity contribution is 6.41. The molecule has 0 bridgehead atoms. The summed E-state index contributed by atoms with van der Waals surface area (Å²) in [6.45, 7) is 0.706. The number of hydrogen-bond acceptors (Lipinski definition) is 2. The smallest absolute Gasteiger partial charge is 0.272 e. The van der Waals surface area contributed by atoms with Gasteiger partial charge in [0.25, 0.3) is 5.91 Å². The molecular formula is C15H13Cl2N3O2. The van der Waals surface area contributed by atoms with Crippen LogP contribution in [0.25, 0.3) is 0 Å². The second kappa shape index (κ2) is 6.02. The number of aromatic nitrogens is 1. The first kappa shape index (κ1) is 14.9. The van der Waals surface area contributed by atoms with Crippen LogP contribution in [-0.2, 0) is 4.79 Å². The van der Waals surface area contributed by atoms with Gasteiger partial charge < -0.3 is 15.2 Å². The number of halogens is 2. The highest BCUT2D eigenvalue weighted by atomic mass is 35.5. The minimum absolute atomic E-state index is 0.103. The molecule has 2 aromatic rings. The van der Waals surface area contributed by atoms with Crippen LogP contribution in [0.4, 0.5) is 11.4 Å². The monoisotopic (exact) mass is 337 g/mol. The van der Waals surface area contributed by atoms with Gasteiger partial charge in [-0.2, -0.15) is 0 Å². The summed E-state index contributed by atoms with van der Waals surface area (Å²) < 4.78 is 0. The van der Waals surface area contributed by atoms with Crippen molar-refractivity contribution in [3.63, 3.8) is 0 Å². The number of rotatable bonds is 3. The fourth-order valence-electron chi connectivity index (χ4n) is 2.40. The predicted octanol–water partition coefficient (Wildman–Crippen LogP) is 3.70. The van der Waals surface area contributed by atoms with Crippen molar-refractivity contribution in [2.45, 2.75) is 12.8 Å². The molecule has 22 heavy (non-hydrogen) atoms. The van der Waals surface area contributed by atoms with Crippen LogP contribution in [0.15, 0.2) is 30.3 Å². The number of anilines is 2. The molecule has 5 nitrogen and oxygen atoms in total. The Kier molecular flexibility index (Phi) is 4.09. The number of aromatic amines is 1. The van der Waals surface area contributed by atoms with Gasteiger partial charge in [0.05, 0.1) is 5.02 Å². The molecule has 1 aliphatic heterocycles. The van der Waals surface area contributed by atoms with E-state index in [2.05, 4.69) is 10.3 Å². The summed E-state index contributed by atoms with van der Waals surface area (Å²) >= 11 is 11.6. The summed E-state index contributed by atoms with van der Waals surface area (Å²) in [4.78, 5) is 28.3. The lowest BCUT2D eigenvalue weighted by molar-refractivity contribution is -0.117. The van der Waals surface area contributed by atoms with E-state index in [0.29, 0.717) is 23.7 Å². The zero-order chi connectivity index (χ0) is 15.7. The number of hydrogen-bond donors (Lipinski definition) is 2. The second-order valence-electron chi connectivity index (χ2n) is 5.00. The van der Waals surface area contributed by atoms with E-state index < -0.39 is 0 Å². The van der Waals surface area contributed by atoms with Gasteiger partial charge in [-0.15, -0.1) is 0 Å². The van der Waals surface area contributed by atoms with Crippen molar-refractivity contribution in [3.05, 3.63) is 46.2 Å². The average molecular weight is 338 g/mol. The normalized spacial score (nSPS) is 14.5. The Morgan fingerprint density at radius 3 is 2.73 bits per heavy atom. The molecule has 0 aliphatic carbocycles. The number of nitrogens with zero attached hydrogens (tertiary/aromatic N) is 1. The average Bonchev–Trinajstić information content (AvgIpc) is 3.06. The van der Waals surface area contributed by atoms with Crippen LogP contribution in [0, 0.1) is 0 Å². The Labute approximate surface area is 137 Å². The lowest BCUT2D eigenvalue weighted by Gasteiger charge is -2.16. The Morgan fingerprint density at radius 1 is 1.27 bits per heavy atom. The molecule has 1 saturated heterocycles. The zero-order valence-corrected chi connectivity index (χ0v) is 13.0. The molecular weight excluding hydrogens is 325 g/mol. The van der Waals surface area contributed by atoms with Crippen LogP contribution in [-0.4, -0.2) is 23.3 Å². The van der Waals surface area contributed by atoms with Gasteiger partial charge in [-0.1, -0.05) is 29.3 Å². The lowest BCUT2D eigenvalue weighted by Crippen LogP contribution is -2.23. The van der Waals surface area contributed by atoms with E-state index in [1.54, 1.807) is 23.1 Å². The van der Waals surface area contributed by atoms with Gasteiger partial charge in [0.2, 0.25) is 5.91 Å². The highest BCUT2D eigenvalue weighted by Crippen LogP contribution is 2.25. The van der Waals surface area contributed by atoms with E-state index in [-0.39, 0.29) is 22.7 Å². The number of carbonyl (C=O) groups is 2. The lowest BCUT2D eigenvalue weighted by atomic mass is 10.2. The van der Waals surface area contributed by atoms with Gasteiger partial charge in [0.1, 0.15) is 10.8 Å². The van der Waals surface area contributed by atoms with E-state index in [1.165, 1.54) is 6.07 Å². The first-order chi connectivity index (χ1) is 10.5. The third kappa shape index (κ3) is 2.96. The highest BCUT2D eigenvalue weighted by Gasteiger charge is 2.22. The largest absolute Gasteiger partial charge is 0.340 e. The SMILES string of the molecule is O=C(Nc1cccc(N2CCCC2=O)c1)c1cc(Cl)c(Cl)[nH]1. The van der Waals surface area contributed by atoms with Crippen LogP contribution in [0.3, 0.4) is 0 Å². The van der Waals surface area contributed by atoms with Crippen molar-refractivity contribution in [1.29, 1.82) is 0 Å². The maximum Gasteiger partial charge on any atom is 0.272 e. The van der Waals surface area contributed by atoms with Gasteiger partial charge in [0.15, 0.2) is 0 Å². The van der Waals surface area contributed by atoms with Crippen LogP contribution >= 0.6 is 23.2 Å². The summed E-state index contributed by atoms with van der Waals surface area (Å²) in [5.41, 5.74) is 1.66. The Bertz CT molecular complexity index is 723. The van der Waals surface area contributed by atoms with Crippen molar-refractivity contribution < 1.29 is 9.59 Å². The molecule has 2 heterocycles. The minimum atomic E-state index is -0.348. The zero-order valence-electron chi connectivity index (χ0n) is 11.5. The summed E-state index contributed by atoms with van der Waals surface area (Å²) in [6, 6.07) is 8.64. The fraction of sp³-hybridized carbons (Fsp3) is 0.200. The number of nitrogens with one attached hydrogen (secondary N) is 2. The maximum absolute atomic E-state index is 12.1. The molecule has 114 valence electrons. The van der Waals surface area contributed by atoms with Crippen LogP contribution < -0.4 is 10.2 Å². The molecule has 0 spiro atoms. The standard InChI is InChI=1S/C15H13Cl2N3O2/c16-11-8-12(19-14(11)17)15(22)18-9-3-1-4-10(7-9)20-6-2-5-13(20)21/h1,3-4,7-8,19H,2,5-6H2,(H,18,22). The molecule has 1 aliphatic rings. The van der Waals surface area contributed by atoms with Gasteiger partial charge in [-0.05, 0) is 30.7 Å². The summed E-state index contributed by atoms with van der Waals surface area (Å²) in [5, 5.41) is 3.27.